The Bertz CT molecular complexity index is 736. The molecule has 0 bridgehead atoms. The molecule has 120 valence electrons. The van der Waals surface area contributed by atoms with Crippen LogP contribution < -0.4 is 10.2 Å². The van der Waals surface area contributed by atoms with Gasteiger partial charge in [-0.15, -0.1) is 0 Å². The lowest BCUT2D eigenvalue weighted by Gasteiger charge is -2.07. The first kappa shape index (κ1) is 16.7. The smallest absolute Gasteiger partial charge is 0.277 e. The van der Waals surface area contributed by atoms with Crippen molar-refractivity contribution in [3.8, 4) is 5.75 Å². The second kappa shape index (κ2) is 7.58. The molecule has 4 nitrogen and oxygen atoms in total. The lowest BCUT2D eigenvalue weighted by atomic mass is 10.0. The van der Waals surface area contributed by atoms with E-state index in [1.54, 1.807) is 0 Å². The lowest BCUT2D eigenvalue weighted by molar-refractivity contribution is -0.123. The van der Waals surface area contributed by atoms with Crippen LogP contribution in [-0.2, 0) is 4.79 Å². The first-order valence-corrected chi connectivity index (χ1v) is 7.56. The van der Waals surface area contributed by atoms with E-state index in [1.165, 1.54) is 11.1 Å². The Morgan fingerprint density at radius 3 is 2.57 bits per heavy atom. The van der Waals surface area contributed by atoms with Crippen molar-refractivity contribution in [2.45, 2.75) is 27.7 Å². The van der Waals surface area contributed by atoms with Crippen LogP contribution in [0.1, 0.15) is 29.2 Å². The molecule has 2 rings (SSSR count). The number of benzene rings is 2. The lowest BCUT2D eigenvalue weighted by Crippen LogP contribution is -2.25. The molecule has 0 aliphatic carbocycles. The predicted molar refractivity (Wildman–Crippen MR) is 92.9 cm³/mol. The summed E-state index contributed by atoms with van der Waals surface area (Å²) in [6.07, 6.45) is 0. The highest BCUT2D eigenvalue weighted by Gasteiger charge is 2.04. The molecule has 0 saturated heterocycles. The highest BCUT2D eigenvalue weighted by atomic mass is 16.5. The minimum Gasteiger partial charge on any atom is -0.484 e. The third kappa shape index (κ3) is 4.95. The molecule has 0 aromatic heterocycles. The van der Waals surface area contributed by atoms with Crippen LogP contribution in [0.25, 0.3) is 0 Å². The molecule has 0 saturated carbocycles. The number of ether oxygens (including phenoxy) is 1. The summed E-state index contributed by atoms with van der Waals surface area (Å²) in [5.74, 6) is 0.393. The van der Waals surface area contributed by atoms with E-state index in [1.807, 2.05) is 50.2 Å². The summed E-state index contributed by atoms with van der Waals surface area (Å²) >= 11 is 0. The van der Waals surface area contributed by atoms with Gasteiger partial charge in [-0.25, -0.2) is 5.43 Å². The van der Waals surface area contributed by atoms with Crippen molar-refractivity contribution >= 4 is 11.6 Å². The van der Waals surface area contributed by atoms with Gasteiger partial charge in [-0.1, -0.05) is 24.3 Å². The van der Waals surface area contributed by atoms with Gasteiger partial charge in [0.05, 0.1) is 5.71 Å². The van der Waals surface area contributed by atoms with Crippen LogP contribution in [-0.4, -0.2) is 18.2 Å². The summed E-state index contributed by atoms with van der Waals surface area (Å²) in [6, 6.07) is 13.7. The minimum atomic E-state index is -0.283. The zero-order valence-electron chi connectivity index (χ0n) is 14.0. The zero-order valence-corrected chi connectivity index (χ0v) is 14.0. The Balaban J connectivity index is 1.90. The number of hydrogen-bond acceptors (Lipinski definition) is 3. The van der Waals surface area contributed by atoms with Crippen molar-refractivity contribution in [3.05, 3.63) is 64.7 Å². The quantitative estimate of drug-likeness (QED) is 0.678. The van der Waals surface area contributed by atoms with Crippen molar-refractivity contribution in [1.82, 2.24) is 5.43 Å². The summed E-state index contributed by atoms with van der Waals surface area (Å²) in [5, 5.41) is 4.13. The number of carbonyl (C=O) groups is 1. The molecule has 1 N–H and O–H groups in total. The number of nitrogens with zero attached hydrogens (tertiary/aromatic N) is 1. The highest BCUT2D eigenvalue weighted by Crippen LogP contribution is 2.12. The summed E-state index contributed by atoms with van der Waals surface area (Å²) < 4.78 is 5.44. The minimum absolute atomic E-state index is 0.0623. The molecule has 0 aliphatic rings. The van der Waals surface area contributed by atoms with E-state index in [2.05, 4.69) is 30.4 Å². The van der Waals surface area contributed by atoms with E-state index in [9.17, 15) is 4.79 Å². The molecular formula is C19H22N2O2. The number of amides is 1. The van der Waals surface area contributed by atoms with E-state index < -0.39 is 0 Å². The van der Waals surface area contributed by atoms with Crippen LogP contribution in [0.5, 0.6) is 5.75 Å². The molecule has 0 radical (unpaired) electrons. The van der Waals surface area contributed by atoms with Crippen LogP contribution >= 0.6 is 0 Å². The van der Waals surface area contributed by atoms with E-state index in [4.69, 9.17) is 4.74 Å². The van der Waals surface area contributed by atoms with Crippen molar-refractivity contribution in [1.29, 1.82) is 0 Å². The van der Waals surface area contributed by atoms with Crippen molar-refractivity contribution in [3.63, 3.8) is 0 Å². The van der Waals surface area contributed by atoms with Gasteiger partial charge in [0, 0.05) is 0 Å². The van der Waals surface area contributed by atoms with Gasteiger partial charge in [0.1, 0.15) is 5.75 Å². The first-order chi connectivity index (χ1) is 11.0. The number of rotatable bonds is 5. The van der Waals surface area contributed by atoms with Crippen LogP contribution in [0.4, 0.5) is 0 Å². The maximum Gasteiger partial charge on any atom is 0.277 e. The molecule has 0 fully saturated rings. The Kier molecular flexibility index (Phi) is 5.52. The maximum atomic E-state index is 11.8. The molecule has 1 amide bonds. The van der Waals surface area contributed by atoms with Gasteiger partial charge in [0.15, 0.2) is 6.61 Å². The number of hydrazone groups is 1. The predicted octanol–water partition coefficient (Wildman–Crippen LogP) is 3.53. The third-order valence-electron chi connectivity index (χ3n) is 3.63. The Morgan fingerprint density at radius 2 is 1.87 bits per heavy atom. The zero-order chi connectivity index (χ0) is 16.8. The van der Waals surface area contributed by atoms with Gasteiger partial charge in [-0.2, -0.15) is 5.10 Å². The summed E-state index contributed by atoms with van der Waals surface area (Å²) in [6.45, 7) is 7.90. The molecule has 0 spiro atoms. The monoisotopic (exact) mass is 310 g/mol. The molecule has 0 atom stereocenters. The highest BCUT2D eigenvalue weighted by molar-refractivity contribution is 5.99. The van der Waals surface area contributed by atoms with Crippen LogP contribution in [0, 0.1) is 20.8 Å². The van der Waals surface area contributed by atoms with Crippen molar-refractivity contribution in [2.75, 3.05) is 6.61 Å². The largest absolute Gasteiger partial charge is 0.484 e. The normalized spacial score (nSPS) is 11.2. The summed E-state index contributed by atoms with van der Waals surface area (Å²) in [4.78, 5) is 11.8. The van der Waals surface area contributed by atoms with Crippen LogP contribution in [0.3, 0.4) is 0 Å². The van der Waals surface area contributed by atoms with Crippen LogP contribution in [0.15, 0.2) is 47.6 Å². The van der Waals surface area contributed by atoms with Gasteiger partial charge in [-0.3, -0.25) is 4.79 Å². The van der Waals surface area contributed by atoms with Gasteiger partial charge in [-0.05, 0) is 68.1 Å². The van der Waals surface area contributed by atoms with Crippen molar-refractivity contribution in [2.24, 2.45) is 5.10 Å². The molecule has 2 aromatic carbocycles. The molecule has 0 unspecified atom stereocenters. The Morgan fingerprint density at radius 1 is 1.09 bits per heavy atom. The van der Waals surface area contributed by atoms with Crippen LogP contribution in [0.2, 0.25) is 0 Å². The molecule has 2 aromatic rings. The molecule has 0 aliphatic heterocycles. The first-order valence-electron chi connectivity index (χ1n) is 7.56. The van der Waals surface area contributed by atoms with Gasteiger partial charge >= 0.3 is 0 Å². The third-order valence-corrected chi connectivity index (χ3v) is 3.63. The fourth-order valence-corrected chi connectivity index (χ4v) is 2.06. The molecule has 23 heavy (non-hydrogen) atoms. The van der Waals surface area contributed by atoms with E-state index in [-0.39, 0.29) is 12.5 Å². The van der Waals surface area contributed by atoms with E-state index in [0.29, 0.717) is 5.75 Å². The fourth-order valence-electron chi connectivity index (χ4n) is 2.06. The number of carbonyl (C=O) groups excluding carboxylic acids is 1. The van der Waals surface area contributed by atoms with E-state index >= 15 is 0 Å². The standard InChI is InChI=1S/C19H22N2O2/c1-13-6-5-7-18(10-13)23-12-19(22)21-20-16(4)17-9-8-14(2)15(3)11-17/h5-11H,12H2,1-4H3,(H,21,22)/b20-16+. The average molecular weight is 310 g/mol. The topological polar surface area (TPSA) is 50.7 Å². The molecular weight excluding hydrogens is 288 g/mol. The van der Waals surface area contributed by atoms with Gasteiger partial charge in [0.2, 0.25) is 0 Å². The average Bonchev–Trinajstić information content (AvgIpc) is 2.53. The van der Waals surface area contributed by atoms with Gasteiger partial charge < -0.3 is 4.74 Å². The molecule has 4 heteroatoms. The Hall–Kier alpha value is -2.62. The van der Waals surface area contributed by atoms with Gasteiger partial charge in [0.25, 0.3) is 5.91 Å². The second-order valence-electron chi connectivity index (χ2n) is 5.64. The number of hydrogen-bond donors (Lipinski definition) is 1. The Labute approximate surface area is 137 Å². The SMILES string of the molecule is C/C(=N\NC(=O)COc1cccc(C)c1)c1ccc(C)c(C)c1. The fraction of sp³-hybridized carbons (Fsp3) is 0.263. The summed E-state index contributed by atoms with van der Waals surface area (Å²) in [7, 11) is 0. The van der Waals surface area contributed by atoms with Crippen molar-refractivity contribution < 1.29 is 9.53 Å². The van der Waals surface area contributed by atoms with E-state index in [0.717, 1.165) is 16.8 Å². The maximum absolute atomic E-state index is 11.8. The number of nitrogens with one attached hydrogen (secondary N) is 1. The number of aryl methyl sites for hydroxylation is 3. The molecule has 0 heterocycles. The summed E-state index contributed by atoms with van der Waals surface area (Å²) in [5.41, 5.74) is 7.80. The second-order valence-corrected chi connectivity index (χ2v) is 5.64.